The molecule has 2 heterocycles. The summed E-state index contributed by atoms with van der Waals surface area (Å²) in [7, 11) is 1.91. The van der Waals surface area contributed by atoms with Crippen LogP contribution in [0, 0.1) is 11.3 Å². The van der Waals surface area contributed by atoms with Gasteiger partial charge in [0.1, 0.15) is 11.8 Å². The van der Waals surface area contributed by atoms with Crippen LogP contribution in [-0.2, 0) is 4.74 Å². The Bertz CT molecular complexity index is 450. The first-order valence-corrected chi connectivity index (χ1v) is 6.00. The number of hydrogen-bond donors (Lipinski definition) is 1. The van der Waals surface area contributed by atoms with Crippen LogP contribution >= 0.6 is 0 Å². The molecule has 2 rings (SSSR count). The van der Waals surface area contributed by atoms with Crippen LogP contribution in [0.2, 0.25) is 0 Å². The summed E-state index contributed by atoms with van der Waals surface area (Å²) in [5.41, 5.74) is 0.572. The van der Waals surface area contributed by atoms with Crippen LogP contribution in [0.5, 0.6) is 0 Å². The molecule has 1 aliphatic heterocycles. The van der Waals surface area contributed by atoms with E-state index >= 15 is 0 Å². The van der Waals surface area contributed by atoms with Gasteiger partial charge >= 0.3 is 0 Å². The maximum absolute atomic E-state index is 10.4. The van der Waals surface area contributed by atoms with Gasteiger partial charge in [0.05, 0.1) is 5.60 Å². The number of rotatable bonds is 3. The van der Waals surface area contributed by atoms with E-state index in [-0.39, 0.29) is 0 Å². The van der Waals surface area contributed by atoms with E-state index in [0.717, 1.165) is 5.69 Å². The summed E-state index contributed by atoms with van der Waals surface area (Å²) in [6.07, 6.45) is 2.90. The molecule has 0 atom stereocenters. The van der Waals surface area contributed by atoms with Crippen molar-refractivity contribution in [1.82, 2.24) is 4.98 Å². The van der Waals surface area contributed by atoms with Crippen molar-refractivity contribution < 1.29 is 9.84 Å². The standard InChI is InChI=1S/C13H17N3O2/c1-16(10-13(17)3-6-18-7-4-13)12-2-5-15-11(8-12)9-14/h2,5,8,17H,3-4,6-7,10H2,1H3. The molecule has 0 unspecified atom stereocenters. The van der Waals surface area contributed by atoms with Crippen molar-refractivity contribution in [1.29, 1.82) is 5.26 Å². The van der Waals surface area contributed by atoms with Crippen LogP contribution in [0.3, 0.4) is 0 Å². The molecule has 0 bridgehead atoms. The lowest BCUT2D eigenvalue weighted by Gasteiger charge is -2.36. The van der Waals surface area contributed by atoms with Crippen LogP contribution < -0.4 is 4.90 Å². The molecule has 1 N–H and O–H groups in total. The number of nitriles is 1. The fourth-order valence-corrected chi connectivity index (χ4v) is 2.16. The first kappa shape index (κ1) is 12.8. The Morgan fingerprint density at radius 3 is 2.94 bits per heavy atom. The Balaban J connectivity index is 2.06. The number of likely N-dealkylation sites (N-methyl/N-ethyl adjacent to an activating group) is 1. The molecule has 5 heteroatoms. The average molecular weight is 247 g/mol. The predicted octanol–water partition coefficient (Wildman–Crippen LogP) is 0.931. The molecule has 1 fully saturated rings. The lowest BCUT2D eigenvalue weighted by molar-refractivity contribution is -0.0572. The third-order valence-electron chi connectivity index (χ3n) is 3.25. The molecule has 0 spiro atoms. The minimum atomic E-state index is -0.705. The summed E-state index contributed by atoms with van der Waals surface area (Å²) in [4.78, 5) is 5.89. The zero-order valence-electron chi connectivity index (χ0n) is 10.5. The first-order valence-electron chi connectivity index (χ1n) is 6.00. The van der Waals surface area contributed by atoms with Crippen molar-refractivity contribution in [2.24, 2.45) is 0 Å². The van der Waals surface area contributed by atoms with E-state index in [1.165, 1.54) is 0 Å². The van der Waals surface area contributed by atoms with Gasteiger partial charge in [-0.1, -0.05) is 0 Å². The second-order valence-electron chi connectivity index (χ2n) is 4.70. The molecule has 18 heavy (non-hydrogen) atoms. The maximum Gasteiger partial charge on any atom is 0.142 e. The topological polar surface area (TPSA) is 69.4 Å². The van der Waals surface area contributed by atoms with Crippen molar-refractivity contribution >= 4 is 5.69 Å². The highest BCUT2D eigenvalue weighted by atomic mass is 16.5. The number of ether oxygens (including phenoxy) is 1. The summed E-state index contributed by atoms with van der Waals surface area (Å²) in [6, 6.07) is 5.58. The number of aliphatic hydroxyl groups is 1. The van der Waals surface area contributed by atoms with Gasteiger partial charge in [-0.2, -0.15) is 5.26 Å². The second kappa shape index (κ2) is 5.34. The third kappa shape index (κ3) is 2.97. The lowest BCUT2D eigenvalue weighted by atomic mass is 9.94. The number of aromatic nitrogens is 1. The molecule has 0 aliphatic carbocycles. The number of anilines is 1. The molecule has 1 aliphatic rings. The van der Waals surface area contributed by atoms with E-state index in [0.29, 0.717) is 38.3 Å². The van der Waals surface area contributed by atoms with Crippen LogP contribution in [-0.4, -0.2) is 42.5 Å². The van der Waals surface area contributed by atoms with Crippen molar-refractivity contribution in [3.63, 3.8) is 0 Å². The van der Waals surface area contributed by atoms with E-state index < -0.39 is 5.60 Å². The molecular formula is C13H17N3O2. The largest absolute Gasteiger partial charge is 0.388 e. The maximum atomic E-state index is 10.4. The molecule has 1 aromatic rings. The quantitative estimate of drug-likeness (QED) is 0.860. The summed E-state index contributed by atoms with van der Waals surface area (Å²) in [6.45, 7) is 1.74. The SMILES string of the molecule is CN(CC1(O)CCOCC1)c1ccnc(C#N)c1. The minimum Gasteiger partial charge on any atom is -0.388 e. The van der Waals surface area contributed by atoms with Gasteiger partial charge in [-0.15, -0.1) is 0 Å². The van der Waals surface area contributed by atoms with Gasteiger partial charge in [0.15, 0.2) is 0 Å². The van der Waals surface area contributed by atoms with Crippen LogP contribution in [0.4, 0.5) is 5.69 Å². The zero-order chi connectivity index (χ0) is 13.0. The van der Waals surface area contributed by atoms with Crippen molar-refractivity contribution in [2.45, 2.75) is 18.4 Å². The molecule has 0 amide bonds. The van der Waals surface area contributed by atoms with Crippen molar-refractivity contribution in [3.05, 3.63) is 24.0 Å². The Labute approximate surface area is 107 Å². The Kier molecular flexibility index (Phi) is 3.80. The number of nitrogens with zero attached hydrogens (tertiary/aromatic N) is 3. The van der Waals surface area contributed by atoms with Crippen molar-refractivity contribution in [3.8, 4) is 6.07 Å². The summed E-state index contributed by atoms with van der Waals surface area (Å²) in [5.74, 6) is 0. The molecule has 5 nitrogen and oxygen atoms in total. The summed E-state index contributed by atoms with van der Waals surface area (Å²) >= 11 is 0. The minimum absolute atomic E-state index is 0.387. The molecule has 0 aromatic carbocycles. The molecule has 0 radical (unpaired) electrons. The van der Waals surface area contributed by atoms with Crippen LogP contribution in [0.1, 0.15) is 18.5 Å². The van der Waals surface area contributed by atoms with Crippen LogP contribution in [0.15, 0.2) is 18.3 Å². The van der Waals surface area contributed by atoms with E-state index in [1.54, 1.807) is 12.3 Å². The van der Waals surface area contributed by atoms with Gasteiger partial charge in [-0.3, -0.25) is 0 Å². The fraction of sp³-hybridized carbons (Fsp3) is 0.538. The van der Waals surface area contributed by atoms with E-state index in [4.69, 9.17) is 10.00 Å². The van der Waals surface area contributed by atoms with E-state index in [9.17, 15) is 5.11 Å². The zero-order valence-corrected chi connectivity index (χ0v) is 10.5. The number of hydrogen-bond acceptors (Lipinski definition) is 5. The highest BCUT2D eigenvalue weighted by Crippen LogP contribution is 2.24. The van der Waals surface area contributed by atoms with Gasteiger partial charge in [-0.05, 0) is 12.1 Å². The molecule has 1 aromatic heterocycles. The Morgan fingerprint density at radius 2 is 2.28 bits per heavy atom. The normalized spacial score (nSPS) is 18.1. The van der Waals surface area contributed by atoms with E-state index in [1.807, 2.05) is 24.1 Å². The van der Waals surface area contributed by atoms with Crippen molar-refractivity contribution in [2.75, 3.05) is 31.7 Å². The lowest BCUT2D eigenvalue weighted by Crippen LogP contribution is -2.45. The smallest absolute Gasteiger partial charge is 0.142 e. The van der Waals surface area contributed by atoms with Gasteiger partial charge in [0.2, 0.25) is 0 Å². The Hall–Kier alpha value is -1.64. The highest BCUT2D eigenvalue weighted by Gasteiger charge is 2.31. The number of pyridine rings is 1. The first-order chi connectivity index (χ1) is 8.63. The third-order valence-corrected chi connectivity index (χ3v) is 3.25. The second-order valence-corrected chi connectivity index (χ2v) is 4.70. The molecular weight excluding hydrogens is 230 g/mol. The summed E-state index contributed by atoms with van der Waals surface area (Å²) < 4.78 is 5.26. The molecule has 1 saturated heterocycles. The monoisotopic (exact) mass is 247 g/mol. The van der Waals surface area contributed by atoms with Crippen LogP contribution in [0.25, 0.3) is 0 Å². The van der Waals surface area contributed by atoms with Gasteiger partial charge < -0.3 is 14.7 Å². The predicted molar refractivity (Wildman–Crippen MR) is 67.2 cm³/mol. The molecule has 96 valence electrons. The van der Waals surface area contributed by atoms with E-state index in [2.05, 4.69) is 4.98 Å². The van der Waals surface area contributed by atoms with Gasteiger partial charge in [0, 0.05) is 51.5 Å². The summed E-state index contributed by atoms with van der Waals surface area (Å²) in [5, 5.41) is 19.2. The Morgan fingerprint density at radius 1 is 1.56 bits per heavy atom. The van der Waals surface area contributed by atoms with Gasteiger partial charge in [-0.25, -0.2) is 4.98 Å². The van der Waals surface area contributed by atoms with Gasteiger partial charge in [0.25, 0.3) is 0 Å². The average Bonchev–Trinajstić information content (AvgIpc) is 2.39. The highest BCUT2D eigenvalue weighted by molar-refractivity contribution is 5.48. The fourth-order valence-electron chi connectivity index (χ4n) is 2.16. The molecule has 0 saturated carbocycles.